The summed E-state index contributed by atoms with van der Waals surface area (Å²) in [6.45, 7) is 4.30. The van der Waals surface area contributed by atoms with Gasteiger partial charge in [-0.2, -0.15) is 0 Å². The molecule has 3 rings (SSSR count). The van der Waals surface area contributed by atoms with Crippen molar-refractivity contribution in [2.24, 2.45) is 5.92 Å². The SMILES string of the molecule is O=C(C1CCN(Cc2ccccc2F)CC1)N1CCCCC1. The fraction of sp³-hybridized carbons (Fsp3) is 0.611. The average Bonchev–Trinajstić information content (AvgIpc) is 2.58. The molecule has 1 aromatic rings. The summed E-state index contributed by atoms with van der Waals surface area (Å²) < 4.78 is 13.7. The zero-order valence-corrected chi connectivity index (χ0v) is 13.1. The molecule has 0 atom stereocenters. The van der Waals surface area contributed by atoms with Crippen molar-refractivity contribution in [2.75, 3.05) is 26.2 Å². The first-order valence-corrected chi connectivity index (χ1v) is 8.48. The maximum atomic E-state index is 13.7. The standard InChI is InChI=1S/C18H25FN2O/c19-17-7-3-2-6-16(17)14-20-12-8-15(9-13-20)18(22)21-10-4-1-5-11-21/h2-3,6-7,15H,1,4-5,8-14H2. The Labute approximate surface area is 132 Å². The quantitative estimate of drug-likeness (QED) is 0.857. The van der Waals surface area contributed by atoms with Gasteiger partial charge in [-0.3, -0.25) is 9.69 Å². The second kappa shape index (κ2) is 7.23. The first-order chi connectivity index (χ1) is 10.7. The van der Waals surface area contributed by atoms with Gasteiger partial charge in [0.15, 0.2) is 0 Å². The summed E-state index contributed by atoms with van der Waals surface area (Å²) in [5, 5.41) is 0. The minimum absolute atomic E-state index is 0.131. The van der Waals surface area contributed by atoms with Gasteiger partial charge in [0.1, 0.15) is 5.82 Å². The van der Waals surface area contributed by atoms with Gasteiger partial charge in [0.2, 0.25) is 5.91 Å². The van der Waals surface area contributed by atoms with Gasteiger partial charge in [-0.15, -0.1) is 0 Å². The van der Waals surface area contributed by atoms with E-state index in [-0.39, 0.29) is 11.7 Å². The molecule has 2 heterocycles. The second-order valence-corrected chi connectivity index (χ2v) is 6.53. The van der Waals surface area contributed by atoms with Crippen LogP contribution in [-0.2, 0) is 11.3 Å². The molecule has 1 aromatic carbocycles. The van der Waals surface area contributed by atoms with Gasteiger partial charge < -0.3 is 4.90 Å². The van der Waals surface area contributed by atoms with E-state index in [0.717, 1.165) is 57.4 Å². The van der Waals surface area contributed by atoms with E-state index in [1.165, 1.54) is 12.5 Å². The van der Waals surface area contributed by atoms with Gasteiger partial charge >= 0.3 is 0 Å². The molecule has 0 aromatic heterocycles. The van der Waals surface area contributed by atoms with Crippen molar-refractivity contribution in [1.29, 1.82) is 0 Å². The highest BCUT2D eigenvalue weighted by Crippen LogP contribution is 2.23. The number of piperidine rings is 2. The number of nitrogens with zero attached hydrogens (tertiary/aromatic N) is 2. The molecule has 4 heteroatoms. The van der Waals surface area contributed by atoms with Crippen LogP contribution in [0.5, 0.6) is 0 Å². The van der Waals surface area contributed by atoms with E-state index in [0.29, 0.717) is 12.5 Å². The van der Waals surface area contributed by atoms with Crippen molar-refractivity contribution in [1.82, 2.24) is 9.80 Å². The van der Waals surface area contributed by atoms with Crippen LogP contribution in [0.25, 0.3) is 0 Å². The van der Waals surface area contributed by atoms with Crippen molar-refractivity contribution in [2.45, 2.75) is 38.6 Å². The van der Waals surface area contributed by atoms with E-state index in [4.69, 9.17) is 0 Å². The number of halogens is 1. The topological polar surface area (TPSA) is 23.6 Å². The Kier molecular flexibility index (Phi) is 5.08. The zero-order chi connectivity index (χ0) is 15.4. The average molecular weight is 304 g/mol. The van der Waals surface area contributed by atoms with E-state index >= 15 is 0 Å². The highest BCUT2D eigenvalue weighted by atomic mass is 19.1. The molecule has 2 saturated heterocycles. The Morgan fingerprint density at radius 2 is 1.73 bits per heavy atom. The number of amides is 1. The molecule has 0 saturated carbocycles. The highest BCUT2D eigenvalue weighted by molar-refractivity contribution is 5.79. The maximum Gasteiger partial charge on any atom is 0.225 e. The van der Waals surface area contributed by atoms with Crippen LogP contribution in [0, 0.1) is 11.7 Å². The minimum Gasteiger partial charge on any atom is -0.342 e. The molecule has 1 amide bonds. The molecule has 2 aliphatic heterocycles. The van der Waals surface area contributed by atoms with Gasteiger partial charge in [0.25, 0.3) is 0 Å². The van der Waals surface area contributed by atoms with Crippen LogP contribution in [0.3, 0.4) is 0 Å². The van der Waals surface area contributed by atoms with Crippen molar-refractivity contribution >= 4 is 5.91 Å². The fourth-order valence-electron chi connectivity index (χ4n) is 3.58. The number of likely N-dealkylation sites (tertiary alicyclic amines) is 2. The van der Waals surface area contributed by atoms with Gasteiger partial charge in [0, 0.05) is 31.1 Å². The Balaban J connectivity index is 1.50. The van der Waals surface area contributed by atoms with E-state index in [2.05, 4.69) is 9.80 Å². The van der Waals surface area contributed by atoms with Crippen LogP contribution in [0.2, 0.25) is 0 Å². The first-order valence-electron chi connectivity index (χ1n) is 8.48. The molecule has 120 valence electrons. The number of carbonyl (C=O) groups excluding carboxylic acids is 1. The Morgan fingerprint density at radius 1 is 1.05 bits per heavy atom. The summed E-state index contributed by atoms with van der Waals surface area (Å²) in [6, 6.07) is 6.97. The van der Waals surface area contributed by atoms with E-state index in [1.807, 2.05) is 12.1 Å². The summed E-state index contributed by atoms with van der Waals surface area (Å²) >= 11 is 0. The summed E-state index contributed by atoms with van der Waals surface area (Å²) in [5.41, 5.74) is 0.753. The smallest absolute Gasteiger partial charge is 0.225 e. The normalized spacial score (nSPS) is 21.0. The predicted molar refractivity (Wildman–Crippen MR) is 84.8 cm³/mol. The van der Waals surface area contributed by atoms with Gasteiger partial charge in [-0.1, -0.05) is 18.2 Å². The number of benzene rings is 1. The Hall–Kier alpha value is -1.42. The molecule has 22 heavy (non-hydrogen) atoms. The van der Waals surface area contributed by atoms with Crippen LogP contribution in [0.1, 0.15) is 37.7 Å². The van der Waals surface area contributed by atoms with E-state index in [9.17, 15) is 9.18 Å². The lowest BCUT2D eigenvalue weighted by Crippen LogP contribution is -2.44. The lowest BCUT2D eigenvalue weighted by Gasteiger charge is -2.35. The molecule has 2 aliphatic rings. The number of hydrogen-bond acceptors (Lipinski definition) is 2. The van der Waals surface area contributed by atoms with E-state index < -0.39 is 0 Å². The number of rotatable bonds is 3. The third kappa shape index (κ3) is 3.67. The zero-order valence-electron chi connectivity index (χ0n) is 13.1. The van der Waals surface area contributed by atoms with Crippen LogP contribution in [0.4, 0.5) is 4.39 Å². The highest BCUT2D eigenvalue weighted by Gasteiger charge is 2.29. The largest absolute Gasteiger partial charge is 0.342 e. The van der Waals surface area contributed by atoms with Gasteiger partial charge in [-0.05, 0) is 51.3 Å². The van der Waals surface area contributed by atoms with Crippen LogP contribution in [0.15, 0.2) is 24.3 Å². The summed E-state index contributed by atoms with van der Waals surface area (Å²) in [5.74, 6) is 0.397. The van der Waals surface area contributed by atoms with Crippen LogP contribution < -0.4 is 0 Å². The fourth-order valence-corrected chi connectivity index (χ4v) is 3.58. The van der Waals surface area contributed by atoms with Crippen LogP contribution in [-0.4, -0.2) is 41.9 Å². The third-order valence-corrected chi connectivity index (χ3v) is 4.96. The number of carbonyl (C=O) groups is 1. The molecule has 3 nitrogen and oxygen atoms in total. The second-order valence-electron chi connectivity index (χ2n) is 6.53. The monoisotopic (exact) mass is 304 g/mol. The molecule has 0 N–H and O–H groups in total. The Bertz CT molecular complexity index is 506. The summed E-state index contributed by atoms with van der Waals surface area (Å²) in [6.07, 6.45) is 5.37. The molecular weight excluding hydrogens is 279 g/mol. The van der Waals surface area contributed by atoms with Crippen molar-refractivity contribution < 1.29 is 9.18 Å². The first kappa shape index (κ1) is 15.5. The predicted octanol–water partition coefficient (Wildman–Crippen LogP) is 3.05. The van der Waals surface area contributed by atoms with E-state index in [1.54, 1.807) is 6.07 Å². The molecule has 0 radical (unpaired) electrons. The molecular formula is C18H25FN2O. The lowest BCUT2D eigenvalue weighted by atomic mass is 9.94. The summed E-state index contributed by atoms with van der Waals surface area (Å²) in [4.78, 5) is 16.8. The Morgan fingerprint density at radius 3 is 2.41 bits per heavy atom. The summed E-state index contributed by atoms with van der Waals surface area (Å²) in [7, 11) is 0. The third-order valence-electron chi connectivity index (χ3n) is 4.96. The molecule has 2 fully saturated rings. The van der Waals surface area contributed by atoms with Crippen molar-refractivity contribution in [3.8, 4) is 0 Å². The lowest BCUT2D eigenvalue weighted by molar-refractivity contribution is -0.138. The van der Waals surface area contributed by atoms with Gasteiger partial charge in [0.05, 0.1) is 0 Å². The molecule has 0 spiro atoms. The number of hydrogen-bond donors (Lipinski definition) is 0. The minimum atomic E-state index is -0.131. The van der Waals surface area contributed by atoms with Gasteiger partial charge in [-0.25, -0.2) is 4.39 Å². The maximum absolute atomic E-state index is 13.7. The molecule has 0 aliphatic carbocycles. The van der Waals surface area contributed by atoms with Crippen LogP contribution >= 0.6 is 0 Å². The van der Waals surface area contributed by atoms with Crippen molar-refractivity contribution in [3.05, 3.63) is 35.6 Å². The molecule has 0 unspecified atom stereocenters. The van der Waals surface area contributed by atoms with Crippen molar-refractivity contribution in [3.63, 3.8) is 0 Å². The molecule has 0 bridgehead atoms.